The highest BCUT2D eigenvalue weighted by atomic mass is 35.5. The Hall–Kier alpha value is -2.52. The van der Waals surface area contributed by atoms with Gasteiger partial charge in [0.05, 0.1) is 12.3 Å². The molecule has 0 radical (unpaired) electrons. The van der Waals surface area contributed by atoms with E-state index < -0.39 is 0 Å². The lowest BCUT2D eigenvalue weighted by atomic mass is 10.1. The number of rotatable bonds is 5. The van der Waals surface area contributed by atoms with Gasteiger partial charge in [-0.3, -0.25) is 0 Å². The molecule has 0 bridgehead atoms. The van der Waals surface area contributed by atoms with Gasteiger partial charge in [-0.15, -0.1) is 0 Å². The summed E-state index contributed by atoms with van der Waals surface area (Å²) in [5, 5.41) is 9.80. The van der Waals surface area contributed by atoms with Crippen LogP contribution in [0.3, 0.4) is 0 Å². The van der Waals surface area contributed by atoms with Crippen LogP contribution < -0.4 is 16.2 Å². The Bertz CT molecular complexity index is 727. The van der Waals surface area contributed by atoms with Crippen LogP contribution >= 0.6 is 11.6 Å². The fourth-order valence-corrected chi connectivity index (χ4v) is 2.11. The van der Waals surface area contributed by atoms with Crippen molar-refractivity contribution in [3.8, 4) is 23.1 Å². The number of benzene rings is 1. The van der Waals surface area contributed by atoms with Crippen LogP contribution in [0.1, 0.15) is 25.3 Å². The van der Waals surface area contributed by atoms with Gasteiger partial charge in [-0.1, -0.05) is 24.9 Å². The molecule has 0 unspecified atom stereocenters. The van der Waals surface area contributed by atoms with Gasteiger partial charge in [0.1, 0.15) is 23.2 Å². The van der Waals surface area contributed by atoms with Crippen molar-refractivity contribution < 1.29 is 4.74 Å². The summed E-state index contributed by atoms with van der Waals surface area (Å²) in [5.41, 5.74) is 12.4. The summed E-state index contributed by atoms with van der Waals surface area (Å²) in [7, 11) is 0. The van der Waals surface area contributed by atoms with E-state index in [1.165, 1.54) is 0 Å². The normalized spacial score (nSPS) is 10.2. The number of nitriles is 1. The standard InChI is InChI=1S/C15H16ClN5O/c1-2-3-6-22-12-5-4-9(16)7-10(12)13-11(8-17)14(18)21-15(19)20-13/h4-5,7H,2-3,6H2,1H3,(H4,18,19,20,21). The maximum absolute atomic E-state index is 9.30. The van der Waals surface area contributed by atoms with E-state index in [4.69, 9.17) is 27.8 Å². The molecule has 2 rings (SSSR count). The molecule has 0 aliphatic carbocycles. The molecule has 7 heteroatoms. The number of aromatic nitrogens is 2. The van der Waals surface area contributed by atoms with Crippen molar-refractivity contribution in [2.45, 2.75) is 19.8 Å². The van der Waals surface area contributed by atoms with Gasteiger partial charge in [-0.25, -0.2) is 4.98 Å². The number of unbranched alkanes of at least 4 members (excludes halogenated alkanes) is 1. The van der Waals surface area contributed by atoms with Crippen LogP contribution in [0.2, 0.25) is 5.02 Å². The lowest BCUT2D eigenvalue weighted by Crippen LogP contribution is -2.06. The molecule has 0 aliphatic rings. The fraction of sp³-hybridized carbons (Fsp3) is 0.267. The van der Waals surface area contributed by atoms with Crippen molar-refractivity contribution in [3.63, 3.8) is 0 Å². The van der Waals surface area contributed by atoms with Crippen LogP contribution in [0, 0.1) is 11.3 Å². The van der Waals surface area contributed by atoms with E-state index in [2.05, 4.69) is 16.9 Å². The monoisotopic (exact) mass is 317 g/mol. The van der Waals surface area contributed by atoms with Gasteiger partial charge in [0.2, 0.25) is 5.95 Å². The Labute approximate surface area is 133 Å². The zero-order chi connectivity index (χ0) is 16.1. The topological polar surface area (TPSA) is 111 Å². The Morgan fingerprint density at radius 2 is 2.09 bits per heavy atom. The van der Waals surface area contributed by atoms with Crippen LogP contribution in [-0.4, -0.2) is 16.6 Å². The minimum Gasteiger partial charge on any atom is -0.493 e. The zero-order valence-electron chi connectivity index (χ0n) is 12.1. The number of anilines is 2. The molecule has 114 valence electrons. The maximum Gasteiger partial charge on any atom is 0.222 e. The molecular formula is C15H16ClN5O. The molecule has 0 amide bonds. The van der Waals surface area contributed by atoms with Crippen molar-refractivity contribution in [1.82, 2.24) is 9.97 Å². The average Bonchev–Trinajstić information content (AvgIpc) is 2.48. The first-order valence-electron chi connectivity index (χ1n) is 6.82. The Kier molecular flexibility index (Phi) is 5.02. The van der Waals surface area contributed by atoms with Gasteiger partial charge >= 0.3 is 0 Å². The van der Waals surface area contributed by atoms with E-state index in [1.54, 1.807) is 18.2 Å². The van der Waals surface area contributed by atoms with Gasteiger partial charge in [-0.2, -0.15) is 10.2 Å². The Morgan fingerprint density at radius 3 is 2.77 bits per heavy atom. The third kappa shape index (κ3) is 3.38. The zero-order valence-corrected chi connectivity index (χ0v) is 12.9. The summed E-state index contributed by atoms with van der Waals surface area (Å²) in [5.74, 6) is 0.599. The number of hydrogen-bond acceptors (Lipinski definition) is 6. The molecule has 0 aliphatic heterocycles. The summed E-state index contributed by atoms with van der Waals surface area (Å²) in [6.07, 6.45) is 1.93. The highest BCUT2D eigenvalue weighted by Gasteiger charge is 2.17. The van der Waals surface area contributed by atoms with E-state index >= 15 is 0 Å². The molecule has 0 fully saturated rings. The van der Waals surface area contributed by atoms with Crippen LogP contribution in [-0.2, 0) is 0 Å². The van der Waals surface area contributed by atoms with Crippen LogP contribution in [0.15, 0.2) is 18.2 Å². The highest BCUT2D eigenvalue weighted by molar-refractivity contribution is 6.31. The summed E-state index contributed by atoms with van der Waals surface area (Å²) < 4.78 is 5.76. The minimum atomic E-state index is -0.00835. The number of ether oxygens (including phenoxy) is 1. The molecule has 0 saturated heterocycles. The first-order valence-corrected chi connectivity index (χ1v) is 7.20. The van der Waals surface area contributed by atoms with Crippen molar-refractivity contribution in [3.05, 3.63) is 28.8 Å². The predicted molar refractivity (Wildman–Crippen MR) is 86.4 cm³/mol. The van der Waals surface area contributed by atoms with E-state index in [0.717, 1.165) is 12.8 Å². The largest absolute Gasteiger partial charge is 0.493 e. The van der Waals surface area contributed by atoms with Gasteiger partial charge in [0.15, 0.2) is 0 Å². The van der Waals surface area contributed by atoms with Crippen molar-refractivity contribution >= 4 is 23.4 Å². The summed E-state index contributed by atoms with van der Waals surface area (Å²) in [4.78, 5) is 7.94. The summed E-state index contributed by atoms with van der Waals surface area (Å²) in [6.45, 7) is 2.63. The van der Waals surface area contributed by atoms with E-state index in [0.29, 0.717) is 28.6 Å². The van der Waals surface area contributed by atoms with Gasteiger partial charge < -0.3 is 16.2 Å². The van der Waals surface area contributed by atoms with Crippen molar-refractivity contribution in [2.75, 3.05) is 18.1 Å². The van der Waals surface area contributed by atoms with E-state index in [9.17, 15) is 5.26 Å². The summed E-state index contributed by atoms with van der Waals surface area (Å²) >= 11 is 6.06. The third-order valence-electron chi connectivity index (χ3n) is 3.02. The third-order valence-corrected chi connectivity index (χ3v) is 3.25. The Morgan fingerprint density at radius 1 is 1.32 bits per heavy atom. The van der Waals surface area contributed by atoms with Crippen LogP contribution in [0.25, 0.3) is 11.3 Å². The second-order valence-corrected chi connectivity index (χ2v) is 5.08. The van der Waals surface area contributed by atoms with Gasteiger partial charge in [0.25, 0.3) is 0 Å². The highest BCUT2D eigenvalue weighted by Crippen LogP contribution is 2.35. The predicted octanol–water partition coefficient (Wildman–Crippen LogP) is 3.01. The second kappa shape index (κ2) is 6.96. The van der Waals surface area contributed by atoms with Gasteiger partial charge in [-0.05, 0) is 24.6 Å². The lowest BCUT2D eigenvalue weighted by molar-refractivity contribution is 0.310. The molecule has 4 N–H and O–H groups in total. The van der Waals surface area contributed by atoms with Gasteiger partial charge in [0, 0.05) is 10.6 Å². The molecule has 0 saturated carbocycles. The number of hydrogen-bond donors (Lipinski definition) is 2. The molecule has 0 spiro atoms. The second-order valence-electron chi connectivity index (χ2n) is 4.64. The molecule has 22 heavy (non-hydrogen) atoms. The van der Waals surface area contributed by atoms with Crippen LogP contribution in [0.4, 0.5) is 11.8 Å². The van der Waals surface area contributed by atoms with Crippen LogP contribution in [0.5, 0.6) is 5.75 Å². The first kappa shape index (κ1) is 15.9. The quantitative estimate of drug-likeness (QED) is 0.820. The SMILES string of the molecule is CCCCOc1ccc(Cl)cc1-c1nc(N)nc(N)c1C#N. The fourth-order valence-electron chi connectivity index (χ4n) is 1.94. The molecule has 1 heterocycles. The van der Waals surface area contributed by atoms with E-state index in [1.807, 2.05) is 6.07 Å². The maximum atomic E-state index is 9.30. The molecule has 1 aromatic carbocycles. The minimum absolute atomic E-state index is 0.00835. The first-order chi connectivity index (χ1) is 10.6. The smallest absolute Gasteiger partial charge is 0.222 e. The number of halogens is 1. The van der Waals surface area contributed by atoms with E-state index in [-0.39, 0.29) is 17.3 Å². The Balaban J connectivity index is 2.56. The molecule has 0 atom stereocenters. The average molecular weight is 318 g/mol. The molecule has 6 nitrogen and oxygen atoms in total. The summed E-state index contributed by atoms with van der Waals surface area (Å²) in [6, 6.07) is 7.12. The number of nitrogens with two attached hydrogens (primary N) is 2. The molecular weight excluding hydrogens is 302 g/mol. The van der Waals surface area contributed by atoms with Crippen molar-refractivity contribution in [1.29, 1.82) is 5.26 Å². The lowest BCUT2D eigenvalue weighted by Gasteiger charge is -2.13. The molecule has 1 aromatic heterocycles. The number of nitrogens with zero attached hydrogens (tertiary/aromatic N) is 3. The number of nitrogen functional groups attached to an aromatic ring is 2. The molecule has 2 aromatic rings. The van der Waals surface area contributed by atoms with Crippen molar-refractivity contribution in [2.24, 2.45) is 0 Å².